The van der Waals surface area contributed by atoms with Gasteiger partial charge < -0.3 is 5.32 Å². The maximum atomic E-state index is 13.8. The van der Waals surface area contributed by atoms with E-state index in [9.17, 15) is 26.7 Å². The van der Waals surface area contributed by atoms with Crippen molar-refractivity contribution in [3.05, 3.63) is 89.5 Å². The molecule has 0 fully saturated rings. The number of thioether (sulfide) groups is 1. The molecule has 1 N–H and O–H groups in total. The molecule has 0 saturated heterocycles. The van der Waals surface area contributed by atoms with Crippen molar-refractivity contribution in [3.63, 3.8) is 0 Å². The average molecular weight is 472 g/mol. The normalized spacial score (nSPS) is 12.5. The zero-order valence-corrected chi connectivity index (χ0v) is 17.3. The number of alkyl halides is 4. The summed E-state index contributed by atoms with van der Waals surface area (Å²) in [5.74, 6) is -2.92. The Hall–Kier alpha value is -2.58. The lowest BCUT2D eigenvalue weighted by Crippen LogP contribution is -2.31. The van der Waals surface area contributed by atoms with E-state index in [4.69, 9.17) is 11.6 Å². The number of amides is 1. The van der Waals surface area contributed by atoms with E-state index in [-0.39, 0.29) is 22.5 Å². The van der Waals surface area contributed by atoms with Crippen molar-refractivity contribution >= 4 is 29.3 Å². The van der Waals surface area contributed by atoms with E-state index in [0.29, 0.717) is 11.1 Å². The van der Waals surface area contributed by atoms with Crippen LogP contribution in [0.25, 0.3) is 11.1 Å². The molecule has 0 bridgehead atoms. The van der Waals surface area contributed by atoms with Gasteiger partial charge in [0, 0.05) is 10.8 Å². The smallest absolute Gasteiger partial charge is 0.344 e. The maximum Gasteiger partial charge on any atom is 0.446 e. The predicted octanol–water partition coefficient (Wildman–Crippen LogP) is 6.95. The summed E-state index contributed by atoms with van der Waals surface area (Å²) >= 11 is 5.76. The van der Waals surface area contributed by atoms with E-state index in [1.54, 1.807) is 36.4 Å². The molecule has 0 aromatic heterocycles. The third-order valence-electron chi connectivity index (χ3n) is 4.38. The van der Waals surface area contributed by atoms with E-state index in [0.717, 1.165) is 23.8 Å². The second kappa shape index (κ2) is 9.70. The number of hydrogen-bond acceptors (Lipinski definition) is 2. The van der Waals surface area contributed by atoms with Crippen LogP contribution in [0.1, 0.15) is 22.0 Å². The Morgan fingerprint density at radius 3 is 1.90 bits per heavy atom. The fraction of sp³-hybridized carbons (Fsp3) is 0.136. The summed E-state index contributed by atoms with van der Waals surface area (Å²) in [5.41, 5.74) is -2.99. The van der Waals surface area contributed by atoms with Crippen LogP contribution in [0.3, 0.4) is 0 Å². The van der Waals surface area contributed by atoms with Gasteiger partial charge in [-0.3, -0.25) is 4.79 Å². The summed E-state index contributed by atoms with van der Waals surface area (Å²) in [6.45, 7) is 0. The number of halogens is 6. The Kier molecular flexibility index (Phi) is 7.23. The van der Waals surface area contributed by atoms with Crippen LogP contribution < -0.4 is 5.32 Å². The second-order valence-electron chi connectivity index (χ2n) is 6.47. The topological polar surface area (TPSA) is 29.1 Å². The lowest BCUT2D eigenvalue weighted by Gasteiger charge is -2.17. The molecule has 1 unspecified atom stereocenters. The van der Waals surface area contributed by atoms with Gasteiger partial charge in [-0.15, -0.1) is 11.6 Å². The molecule has 162 valence electrons. The van der Waals surface area contributed by atoms with Gasteiger partial charge in [0.05, 0.1) is 6.04 Å². The molecule has 0 spiro atoms. The fourth-order valence-corrected chi connectivity index (χ4v) is 3.71. The van der Waals surface area contributed by atoms with Crippen LogP contribution in [0.15, 0.2) is 71.6 Å². The van der Waals surface area contributed by atoms with E-state index < -0.39 is 34.7 Å². The minimum atomic E-state index is -4.35. The average Bonchev–Trinajstić information content (AvgIpc) is 2.71. The molecule has 0 aliphatic heterocycles. The Morgan fingerprint density at radius 2 is 1.42 bits per heavy atom. The first-order valence-electron chi connectivity index (χ1n) is 8.95. The molecule has 0 radical (unpaired) electrons. The maximum absolute atomic E-state index is 13.8. The standard InChI is InChI=1S/C22H15ClF5NOS/c23-12-19(29-21(30)20-17(24)2-1-3-18(20)25)15-6-4-13(5-7-15)14-8-10-16(11-9-14)31-22(26,27)28/h1-11,19H,12H2,(H,29,30). The molecule has 0 aliphatic carbocycles. The van der Waals surface area contributed by atoms with Crippen LogP contribution in [-0.4, -0.2) is 17.3 Å². The van der Waals surface area contributed by atoms with Gasteiger partial charge in [-0.25, -0.2) is 8.78 Å². The number of carbonyl (C=O) groups is 1. The van der Waals surface area contributed by atoms with Crippen LogP contribution in [0.2, 0.25) is 0 Å². The van der Waals surface area contributed by atoms with Gasteiger partial charge in [0.25, 0.3) is 5.91 Å². The molecule has 1 amide bonds. The predicted molar refractivity (Wildman–Crippen MR) is 111 cm³/mol. The minimum absolute atomic E-state index is 0.0372. The monoisotopic (exact) mass is 471 g/mol. The summed E-state index contributed by atoms with van der Waals surface area (Å²) in [6, 6.07) is 15.1. The highest BCUT2D eigenvalue weighted by atomic mass is 35.5. The zero-order valence-electron chi connectivity index (χ0n) is 15.7. The van der Waals surface area contributed by atoms with Gasteiger partial charge in [0.1, 0.15) is 17.2 Å². The molecule has 2 nitrogen and oxygen atoms in total. The Bertz CT molecular complexity index is 1030. The van der Waals surface area contributed by atoms with Crippen molar-refractivity contribution in [1.82, 2.24) is 5.32 Å². The number of rotatable bonds is 6. The van der Waals surface area contributed by atoms with Gasteiger partial charge in [-0.2, -0.15) is 13.2 Å². The summed E-state index contributed by atoms with van der Waals surface area (Å²) < 4.78 is 65.0. The molecular formula is C22H15ClF5NOS. The van der Waals surface area contributed by atoms with Crippen molar-refractivity contribution in [2.24, 2.45) is 0 Å². The van der Waals surface area contributed by atoms with E-state index in [2.05, 4.69) is 5.32 Å². The van der Waals surface area contributed by atoms with Crippen LogP contribution in [0.4, 0.5) is 22.0 Å². The quantitative estimate of drug-likeness (QED) is 0.239. The van der Waals surface area contributed by atoms with Crippen molar-refractivity contribution in [2.45, 2.75) is 16.4 Å². The minimum Gasteiger partial charge on any atom is -0.344 e. The van der Waals surface area contributed by atoms with Gasteiger partial charge in [-0.05, 0) is 52.7 Å². The van der Waals surface area contributed by atoms with Crippen molar-refractivity contribution in [3.8, 4) is 11.1 Å². The molecule has 0 aliphatic rings. The first kappa shape index (κ1) is 23.1. The van der Waals surface area contributed by atoms with Gasteiger partial charge >= 0.3 is 5.51 Å². The Morgan fingerprint density at radius 1 is 0.903 bits per heavy atom. The Labute approximate surface area is 184 Å². The van der Waals surface area contributed by atoms with Crippen LogP contribution >= 0.6 is 23.4 Å². The first-order chi connectivity index (χ1) is 14.7. The Balaban J connectivity index is 1.74. The number of hydrogen-bond donors (Lipinski definition) is 1. The molecule has 31 heavy (non-hydrogen) atoms. The van der Waals surface area contributed by atoms with E-state index in [1.807, 2.05) is 0 Å². The fourth-order valence-electron chi connectivity index (χ4n) is 2.91. The van der Waals surface area contributed by atoms with Gasteiger partial charge in [0.2, 0.25) is 0 Å². The molecular weight excluding hydrogens is 457 g/mol. The third kappa shape index (κ3) is 5.98. The molecule has 3 aromatic carbocycles. The van der Waals surface area contributed by atoms with Crippen molar-refractivity contribution < 1.29 is 26.7 Å². The zero-order chi connectivity index (χ0) is 22.6. The second-order valence-corrected chi connectivity index (χ2v) is 7.92. The SMILES string of the molecule is O=C(NC(CCl)c1ccc(-c2ccc(SC(F)(F)F)cc2)cc1)c1c(F)cccc1F. The van der Waals surface area contributed by atoms with E-state index in [1.165, 1.54) is 12.1 Å². The molecule has 3 rings (SSSR count). The summed E-state index contributed by atoms with van der Waals surface area (Å²) in [4.78, 5) is 12.4. The molecule has 0 heterocycles. The van der Waals surface area contributed by atoms with Crippen LogP contribution in [0.5, 0.6) is 0 Å². The van der Waals surface area contributed by atoms with Crippen LogP contribution in [0, 0.1) is 11.6 Å². The largest absolute Gasteiger partial charge is 0.446 e. The molecule has 1 atom stereocenters. The summed E-state index contributed by atoms with van der Waals surface area (Å²) in [5, 5.41) is 2.51. The highest BCUT2D eigenvalue weighted by Gasteiger charge is 2.29. The third-order valence-corrected chi connectivity index (χ3v) is 5.43. The van der Waals surface area contributed by atoms with Crippen molar-refractivity contribution in [1.29, 1.82) is 0 Å². The molecule has 3 aromatic rings. The first-order valence-corrected chi connectivity index (χ1v) is 10.3. The van der Waals surface area contributed by atoms with Gasteiger partial charge in [-0.1, -0.05) is 42.5 Å². The molecule has 0 saturated carbocycles. The number of carbonyl (C=O) groups excluding carboxylic acids is 1. The highest BCUT2D eigenvalue weighted by molar-refractivity contribution is 8.00. The highest BCUT2D eigenvalue weighted by Crippen LogP contribution is 2.37. The summed E-state index contributed by atoms with van der Waals surface area (Å²) in [6.07, 6.45) is 0. The lowest BCUT2D eigenvalue weighted by atomic mass is 10.0. The summed E-state index contributed by atoms with van der Waals surface area (Å²) in [7, 11) is 0. The number of benzene rings is 3. The van der Waals surface area contributed by atoms with Crippen LogP contribution in [-0.2, 0) is 0 Å². The van der Waals surface area contributed by atoms with E-state index >= 15 is 0 Å². The molecule has 9 heteroatoms. The van der Waals surface area contributed by atoms with Crippen molar-refractivity contribution in [2.75, 3.05) is 5.88 Å². The van der Waals surface area contributed by atoms with Gasteiger partial charge in [0.15, 0.2) is 0 Å². The lowest BCUT2D eigenvalue weighted by molar-refractivity contribution is -0.0328. The number of nitrogens with one attached hydrogen (secondary N) is 1.